The predicted octanol–water partition coefficient (Wildman–Crippen LogP) is 2.90. The Kier molecular flexibility index (Phi) is 5.74. The fourth-order valence-electron chi connectivity index (χ4n) is 3.31. The van der Waals surface area contributed by atoms with E-state index in [4.69, 9.17) is 4.74 Å². The third-order valence-electron chi connectivity index (χ3n) is 5.00. The molecule has 1 saturated carbocycles. The SMILES string of the molecule is CCOC1CC(NC(=O)Cc2ccc(OC(F)(F)F)cc2)(C(=O)O)C1(C)C. The molecular weight excluding hydrogens is 367 g/mol. The number of benzene rings is 1. The van der Waals surface area contributed by atoms with Crippen LogP contribution in [-0.4, -0.2) is 41.6 Å². The second-order valence-electron chi connectivity index (χ2n) is 7.00. The molecule has 0 heterocycles. The average molecular weight is 389 g/mol. The first-order valence-electron chi connectivity index (χ1n) is 8.42. The third-order valence-corrected chi connectivity index (χ3v) is 5.00. The van der Waals surface area contributed by atoms with E-state index in [1.165, 1.54) is 12.1 Å². The fraction of sp³-hybridized carbons (Fsp3) is 0.556. The van der Waals surface area contributed by atoms with Gasteiger partial charge in [0, 0.05) is 18.4 Å². The number of aliphatic carboxylic acids is 1. The van der Waals surface area contributed by atoms with Crippen molar-refractivity contribution in [1.29, 1.82) is 0 Å². The number of nitrogens with one attached hydrogen (secondary N) is 1. The van der Waals surface area contributed by atoms with Gasteiger partial charge in [-0.25, -0.2) is 4.79 Å². The topological polar surface area (TPSA) is 84.9 Å². The summed E-state index contributed by atoms with van der Waals surface area (Å²) in [6.07, 6.45) is -5.11. The van der Waals surface area contributed by atoms with Crippen molar-refractivity contribution < 1.29 is 37.3 Å². The van der Waals surface area contributed by atoms with Crippen LogP contribution >= 0.6 is 0 Å². The highest BCUT2D eigenvalue weighted by Crippen LogP contribution is 2.51. The molecule has 0 bridgehead atoms. The molecule has 2 rings (SSSR count). The van der Waals surface area contributed by atoms with Gasteiger partial charge in [-0.3, -0.25) is 4.79 Å². The molecule has 1 aromatic rings. The molecule has 1 aliphatic carbocycles. The molecule has 0 radical (unpaired) electrons. The van der Waals surface area contributed by atoms with Crippen molar-refractivity contribution in [3.05, 3.63) is 29.8 Å². The van der Waals surface area contributed by atoms with Gasteiger partial charge in [-0.1, -0.05) is 26.0 Å². The van der Waals surface area contributed by atoms with E-state index in [9.17, 15) is 27.9 Å². The summed E-state index contributed by atoms with van der Waals surface area (Å²) in [7, 11) is 0. The zero-order valence-corrected chi connectivity index (χ0v) is 15.2. The van der Waals surface area contributed by atoms with Crippen LogP contribution in [0, 0.1) is 5.41 Å². The highest BCUT2D eigenvalue weighted by Gasteiger charge is 2.66. The van der Waals surface area contributed by atoms with Crippen molar-refractivity contribution in [2.75, 3.05) is 6.61 Å². The number of hydrogen-bond acceptors (Lipinski definition) is 4. The zero-order valence-electron chi connectivity index (χ0n) is 15.2. The lowest BCUT2D eigenvalue weighted by Crippen LogP contribution is -2.76. The minimum absolute atomic E-state index is 0.146. The Bertz CT molecular complexity index is 702. The summed E-state index contributed by atoms with van der Waals surface area (Å²) >= 11 is 0. The third kappa shape index (κ3) is 4.35. The minimum atomic E-state index is -4.79. The molecule has 0 aromatic heterocycles. The molecular formula is C18H22F3NO5. The van der Waals surface area contributed by atoms with Crippen LogP contribution in [-0.2, 0) is 20.7 Å². The first kappa shape index (κ1) is 21.0. The molecule has 1 amide bonds. The molecule has 0 aliphatic heterocycles. The Morgan fingerprint density at radius 2 is 1.85 bits per heavy atom. The molecule has 27 heavy (non-hydrogen) atoms. The van der Waals surface area contributed by atoms with Crippen molar-refractivity contribution >= 4 is 11.9 Å². The molecule has 0 spiro atoms. The van der Waals surface area contributed by atoms with E-state index in [0.29, 0.717) is 12.2 Å². The van der Waals surface area contributed by atoms with Gasteiger partial charge in [0.05, 0.1) is 12.5 Å². The number of carboxylic acids is 1. The first-order chi connectivity index (χ1) is 12.4. The Labute approximate surface area is 154 Å². The lowest BCUT2D eigenvalue weighted by Gasteiger charge is -2.58. The largest absolute Gasteiger partial charge is 0.573 e. The summed E-state index contributed by atoms with van der Waals surface area (Å²) in [5, 5.41) is 12.3. The van der Waals surface area contributed by atoms with Gasteiger partial charge in [-0.05, 0) is 24.6 Å². The van der Waals surface area contributed by atoms with Gasteiger partial charge in [-0.2, -0.15) is 0 Å². The number of halogens is 3. The smallest absolute Gasteiger partial charge is 0.479 e. The maximum atomic E-state index is 12.4. The highest BCUT2D eigenvalue weighted by atomic mass is 19.4. The van der Waals surface area contributed by atoms with Crippen LogP contribution in [0.3, 0.4) is 0 Å². The zero-order chi connectivity index (χ0) is 20.5. The van der Waals surface area contributed by atoms with Crippen LogP contribution in [0.25, 0.3) is 0 Å². The molecule has 2 N–H and O–H groups in total. The van der Waals surface area contributed by atoms with Gasteiger partial charge in [0.2, 0.25) is 5.91 Å². The van der Waals surface area contributed by atoms with E-state index in [1.807, 2.05) is 6.92 Å². The van der Waals surface area contributed by atoms with Crippen LogP contribution in [0.1, 0.15) is 32.8 Å². The Hall–Kier alpha value is -2.29. The van der Waals surface area contributed by atoms with Crippen molar-refractivity contribution in [1.82, 2.24) is 5.32 Å². The number of amides is 1. The quantitative estimate of drug-likeness (QED) is 0.749. The molecule has 1 fully saturated rings. The van der Waals surface area contributed by atoms with E-state index in [0.717, 1.165) is 12.1 Å². The van der Waals surface area contributed by atoms with Gasteiger partial charge in [0.25, 0.3) is 0 Å². The molecule has 9 heteroatoms. The molecule has 1 aromatic carbocycles. The fourth-order valence-corrected chi connectivity index (χ4v) is 3.31. The number of hydrogen-bond donors (Lipinski definition) is 2. The summed E-state index contributed by atoms with van der Waals surface area (Å²) in [6.45, 7) is 5.68. The van der Waals surface area contributed by atoms with Crippen molar-refractivity contribution in [3.63, 3.8) is 0 Å². The van der Waals surface area contributed by atoms with Crippen LogP contribution in [0.2, 0.25) is 0 Å². The number of alkyl halides is 3. The van der Waals surface area contributed by atoms with E-state index in [1.54, 1.807) is 13.8 Å². The summed E-state index contributed by atoms with van der Waals surface area (Å²) in [5.41, 5.74) is -1.83. The molecule has 2 atom stereocenters. The van der Waals surface area contributed by atoms with Gasteiger partial charge < -0.3 is 19.9 Å². The predicted molar refractivity (Wildman–Crippen MR) is 89.2 cm³/mol. The monoisotopic (exact) mass is 389 g/mol. The number of carboxylic acid groups (broad SMARTS) is 1. The number of ether oxygens (including phenoxy) is 2. The van der Waals surface area contributed by atoms with E-state index in [-0.39, 0.29) is 18.9 Å². The second-order valence-corrected chi connectivity index (χ2v) is 7.00. The van der Waals surface area contributed by atoms with E-state index < -0.39 is 34.9 Å². The molecule has 0 saturated heterocycles. The summed E-state index contributed by atoms with van der Waals surface area (Å²) < 4.78 is 45.8. The van der Waals surface area contributed by atoms with E-state index in [2.05, 4.69) is 10.1 Å². The summed E-state index contributed by atoms with van der Waals surface area (Å²) in [4.78, 5) is 24.2. The van der Waals surface area contributed by atoms with Crippen molar-refractivity contribution in [2.45, 2.75) is 51.6 Å². The van der Waals surface area contributed by atoms with Gasteiger partial charge in [0.15, 0.2) is 0 Å². The minimum Gasteiger partial charge on any atom is -0.479 e. The van der Waals surface area contributed by atoms with Crippen LogP contribution < -0.4 is 10.1 Å². The summed E-state index contributed by atoms with van der Waals surface area (Å²) in [5.74, 6) is -2.08. The second kappa shape index (κ2) is 7.38. The first-order valence-corrected chi connectivity index (χ1v) is 8.42. The molecule has 6 nitrogen and oxygen atoms in total. The maximum absolute atomic E-state index is 12.4. The van der Waals surface area contributed by atoms with Crippen molar-refractivity contribution in [3.8, 4) is 5.75 Å². The lowest BCUT2D eigenvalue weighted by molar-refractivity contribution is -0.274. The Morgan fingerprint density at radius 1 is 1.26 bits per heavy atom. The standard InChI is InChI=1S/C18H22F3NO5/c1-4-26-13-10-17(15(24)25,16(13,2)3)22-14(23)9-11-5-7-12(8-6-11)27-18(19,20)21/h5-8,13H,4,9-10H2,1-3H3,(H,22,23)(H,24,25). The highest BCUT2D eigenvalue weighted by molar-refractivity contribution is 5.90. The van der Waals surface area contributed by atoms with Gasteiger partial charge in [0.1, 0.15) is 11.3 Å². The average Bonchev–Trinajstić information content (AvgIpc) is 2.53. The van der Waals surface area contributed by atoms with E-state index >= 15 is 0 Å². The van der Waals surface area contributed by atoms with Crippen LogP contribution in [0.15, 0.2) is 24.3 Å². The van der Waals surface area contributed by atoms with Gasteiger partial charge >= 0.3 is 12.3 Å². The van der Waals surface area contributed by atoms with Crippen LogP contribution in [0.5, 0.6) is 5.75 Å². The molecule has 150 valence electrons. The Balaban J connectivity index is 2.04. The lowest BCUT2D eigenvalue weighted by atomic mass is 9.54. The normalized spacial score (nSPS) is 24.0. The molecule has 1 aliphatic rings. The Morgan fingerprint density at radius 3 is 2.30 bits per heavy atom. The summed E-state index contributed by atoms with van der Waals surface area (Å²) in [6, 6.07) is 4.84. The maximum Gasteiger partial charge on any atom is 0.573 e. The van der Waals surface area contributed by atoms with Crippen LogP contribution in [0.4, 0.5) is 13.2 Å². The van der Waals surface area contributed by atoms with Crippen molar-refractivity contribution in [2.24, 2.45) is 5.41 Å². The van der Waals surface area contributed by atoms with Gasteiger partial charge in [-0.15, -0.1) is 13.2 Å². The number of carbonyl (C=O) groups excluding carboxylic acids is 1. The number of rotatable bonds is 7. The molecule has 2 unspecified atom stereocenters. The number of carbonyl (C=O) groups is 2.